The van der Waals surface area contributed by atoms with Gasteiger partial charge >= 0.3 is 0 Å². The number of amides is 1. The minimum absolute atomic E-state index is 0.116. The predicted octanol–water partition coefficient (Wildman–Crippen LogP) is -1.34. The highest BCUT2D eigenvalue weighted by Gasteiger charge is 2.07. The first-order valence-corrected chi connectivity index (χ1v) is 3.99. The topological polar surface area (TPSA) is 112 Å². The molecular weight excluding hydrogens is 198 g/mol. The third-order valence-electron chi connectivity index (χ3n) is 1.64. The second-order valence-corrected chi connectivity index (χ2v) is 2.58. The van der Waals surface area contributed by atoms with Crippen LogP contribution in [0.25, 0.3) is 5.82 Å². The molecule has 8 heteroatoms. The highest BCUT2D eigenvalue weighted by atomic mass is 16.2. The summed E-state index contributed by atoms with van der Waals surface area (Å²) in [5.74, 6) is 4.86. The fourth-order valence-electron chi connectivity index (χ4n) is 0.976. The molecule has 0 aliphatic rings. The molecule has 0 saturated carbocycles. The van der Waals surface area contributed by atoms with Crippen molar-refractivity contribution in [3.8, 4) is 5.82 Å². The average molecular weight is 205 g/mol. The van der Waals surface area contributed by atoms with Gasteiger partial charge in [0.25, 0.3) is 5.91 Å². The molecule has 0 saturated heterocycles. The van der Waals surface area contributed by atoms with Crippen LogP contribution in [-0.4, -0.2) is 30.6 Å². The summed E-state index contributed by atoms with van der Waals surface area (Å²) in [5, 5.41) is 3.85. The number of hydrogen-bond acceptors (Lipinski definition) is 6. The first-order valence-electron chi connectivity index (χ1n) is 3.99. The van der Waals surface area contributed by atoms with Crippen LogP contribution in [0.1, 0.15) is 10.5 Å². The molecule has 0 spiro atoms. The van der Waals surface area contributed by atoms with Crippen molar-refractivity contribution in [3.05, 3.63) is 30.7 Å². The Hall–Kier alpha value is -2.35. The molecule has 1 amide bonds. The van der Waals surface area contributed by atoms with Gasteiger partial charge in [-0.1, -0.05) is 0 Å². The number of nitrogen functional groups attached to an aromatic ring is 1. The summed E-state index contributed by atoms with van der Waals surface area (Å²) < 4.78 is 1.39. The van der Waals surface area contributed by atoms with E-state index < -0.39 is 5.91 Å². The highest BCUT2D eigenvalue weighted by molar-refractivity contribution is 5.91. The molecule has 0 bridgehead atoms. The van der Waals surface area contributed by atoms with Gasteiger partial charge in [-0.05, 0) is 0 Å². The molecule has 15 heavy (non-hydrogen) atoms. The lowest BCUT2D eigenvalue weighted by molar-refractivity contribution is 0.0948. The van der Waals surface area contributed by atoms with E-state index in [0.717, 1.165) is 0 Å². The van der Waals surface area contributed by atoms with Crippen molar-refractivity contribution in [3.63, 3.8) is 0 Å². The number of rotatable bonds is 2. The van der Waals surface area contributed by atoms with Crippen LogP contribution < -0.4 is 11.3 Å². The van der Waals surface area contributed by atoms with Gasteiger partial charge in [-0.3, -0.25) is 15.2 Å². The number of carbonyl (C=O) groups is 1. The van der Waals surface area contributed by atoms with Crippen LogP contribution in [0.4, 0.5) is 0 Å². The lowest BCUT2D eigenvalue weighted by Crippen LogP contribution is -2.31. The molecule has 0 atom stereocenters. The summed E-state index contributed by atoms with van der Waals surface area (Å²) >= 11 is 0. The molecule has 0 radical (unpaired) electrons. The van der Waals surface area contributed by atoms with Crippen molar-refractivity contribution in [2.75, 3.05) is 0 Å². The molecular formula is C7H7N7O. The van der Waals surface area contributed by atoms with Crippen LogP contribution in [0.15, 0.2) is 25.0 Å². The predicted molar refractivity (Wildman–Crippen MR) is 48.6 cm³/mol. The van der Waals surface area contributed by atoms with Crippen LogP contribution in [0.3, 0.4) is 0 Å². The maximum Gasteiger partial charge on any atom is 0.285 e. The number of nitrogens with one attached hydrogen (secondary N) is 1. The lowest BCUT2D eigenvalue weighted by Gasteiger charge is -2.01. The van der Waals surface area contributed by atoms with Gasteiger partial charge in [0, 0.05) is 0 Å². The van der Waals surface area contributed by atoms with E-state index in [4.69, 9.17) is 5.84 Å². The number of carbonyl (C=O) groups excluding carboxylic acids is 1. The summed E-state index contributed by atoms with van der Waals surface area (Å²) in [4.78, 5) is 22.7. The van der Waals surface area contributed by atoms with E-state index in [0.29, 0.717) is 5.82 Å². The number of hydrogen-bond donors (Lipinski definition) is 2. The Bertz CT molecular complexity index is 466. The smallest absolute Gasteiger partial charge is 0.285 e. The quantitative estimate of drug-likeness (QED) is 0.356. The Morgan fingerprint density at radius 1 is 1.40 bits per heavy atom. The molecule has 2 aromatic rings. The molecule has 8 nitrogen and oxygen atoms in total. The van der Waals surface area contributed by atoms with E-state index in [1.54, 1.807) is 0 Å². The standard InChI is InChI=1S/C7H7N7O/c8-13-7(15)5-1-9-2-6(12-5)14-4-10-3-11-14/h1-4H,8H2,(H,13,15). The summed E-state index contributed by atoms with van der Waals surface area (Å²) in [5.41, 5.74) is 2.08. The van der Waals surface area contributed by atoms with Crippen LogP contribution in [-0.2, 0) is 0 Å². The van der Waals surface area contributed by atoms with Gasteiger partial charge in [0.1, 0.15) is 18.3 Å². The van der Waals surface area contributed by atoms with E-state index in [1.807, 2.05) is 5.43 Å². The van der Waals surface area contributed by atoms with Gasteiger partial charge < -0.3 is 0 Å². The van der Waals surface area contributed by atoms with Gasteiger partial charge in [0.15, 0.2) is 5.82 Å². The van der Waals surface area contributed by atoms with Crippen molar-refractivity contribution in [2.24, 2.45) is 5.84 Å². The van der Waals surface area contributed by atoms with Crippen molar-refractivity contribution < 1.29 is 4.79 Å². The van der Waals surface area contributed by atoms with E-state index >= 15 is 0 Å². The molecule has 0 aliphatic heterocycles. The molecule has 0 aromatic carbocycles. The third kappa shape index (κ3) is 1.79. The maximum atomic E-state index is 11.2. The van der Waals surface area contributed by atoms with E-state index in [-0.39, 0.29) is 5.69 Å². The zero-order chi connectivity index (χ0) is 10.7. The number of nitrogens with zero attached hydrogens (tertiary/aromatic N) is 5. The van der Waals surface area contributed by atoms with Gasteiger partial charge in [0.2, 0.25) is 0 Å². The van der Waals surface area contributed by atoms with Crippen molar-refractivity contribution in [1.82, 2.24) is 30.2 Å². The summed E-state index contributed by atoms with van der Waals surface area (Å²) in [6, 6.07) is 0. The summed E-state index contributed by atoms with van der Waals surface area (Å²) in [6.45, 7) is 0. The average Bonchev–Trinajstić information content (AvgIpc) is 2.82. The first kappa shape index (κ1) is 9.21. The molecule has 2 aromatic heterocycles. The Morgan fingerprint density at radius 2 is 2.27 bits per heavy atom. The molecule has 76 valence electrons. The molecule has 0 aliphatic carbocycles. The first-order chi connectivity index (χ1) is 7.31. The van der Waals surface area contributed by atoms with Gasteiger partial charge in [-0.15, -0.1) is 0 Å². The van der Waals surface area contributed by atoms with Crippen molar-refractivity contribution >= 4 is 5.91 Å². The second kappa shape index (κ2) is 3.80. The maximum absolute atomic E-state index is 11.2. The minimum atomic E-state index is -0.510. The largest absolute Gasteiger partial charge is 0.289 e. The highest BCUT2D eigenvalue weighted by Crippen LogP contribution is 2.00. The van der Waals surface area contributed by atoms with Gasteiger partial charge in [-0.25, -0.2) is 20.5 Å². The van der Waals surface area contributed by atoms with E-state index in [9.17, 15) is 4.79 Å². The summed E-state index contributed by atoms with van der Waals surface area (Å²) in [6.07, 6.45) is 5.58. The molecule has 2 rings (SSSR count). The van der Waals surface area contributed by atoms with Gasteiger partial charge in [0.05, 0.1) is 12.4 Å². The van der Waals surface area contributed by atoms with Crippen LogP contribution in [0, 0.1) is 0 Å². The van der Waals surface area contributed by atoms with Crippen LogP contribution >= 0.6 is 0 Å². The van der Waals surface area contributed by atoms with E-state index in [1.165, 1.54) is 29.7 Å². The van der Waals surface area contributed by atoms with Crippen molar-refractivity contribution in [2.45, 2.75) is 0 Å². The molecule has 3 N–H and O–H groups in total. The Kier molecular flexibility index (Phi) is 2.33. The Labute approximate surface area is 84.1 Å². The second-order valence-electron chi connectivity index (χ2n) is 2.58. The zero-order valence-electron chi connectivity index (χ0n) is 7.53. The third-order valence-corrected chi connectivity index (χ3v) is 1.64. The Morgan fingerprint density at radius 3 is 2.93 bits per heavy atom. The van der Waals surface area contributed by atoms with Crippen LogP contribution in [0.5, 0.6) is 0 Å². The number of aromatic nitrogens is 5. The fourth-order valence-corrected chi connectivity index (χ4v) is 0.976. The minimum Gasteiger partial charge on any atom is -0.289 e. The molecule has 0 unspecified atom stereocenters. The summed E-state index contributed by atoms with van der Waals surface area (Å²) in [7, 11) is 0. The lowest BCUT2D eigenvalue weighted by atomic mass is 10.4. The molecule has 0 fully saturated rings. The number of nitrogens with two attached hydrogens (primary N) is 1. The normalized spacial score (nSPS) is 9.93. The molecule has 2 heterocycles. The fraction of sp³-hybridized carbons (Fsp3) is 0. The monoisotopic (exact) mass is 205 g/mol. The number of hydrazine groups is 1. The SMILES string of the molecule is NNC(=O)c1cncc(-n2cncn2)n1. The van der Waals surface area contributed by atoms with Gasteiger partial charge in [-0.2, -0.15) is 5.10 Å². The zero-order valence-corrected chi connectivity index (χ0v) is 7.53. The van der Waals surface area contributed by atoms with Crippen LogP contribution in [0.2, 0.25) is 0 Å². The van der Waals surface area contributed by atoms with E-state index in [2.05, 4.69) is 20.1 Å². The Balaban J connectivity index is 2.39. The van der Waals surface area contributed by atoms with Crippen molar-refractivity contribution in [1.29, 1.82) is 0 Å².